The summed E-state index contributed by atoms with van der Waals surface area (Å²) in [6, 6.07) is 31.6. The number of hydrogen-bond donors (Lipinski definition) is 1. The minimum atomic E-state index is -0.500. The largest absolute Gasteiger partial charge is 0.554 e. The van der Waals surface area contributed by atoms with Gasteiger partial charge in [-0.3, -0.25) is 0 Å². The van der Waals surface area contributed by atoms with Gasteiger partial charge in [0.2, 0.25) is 0 Å². The van der Waals surface area contributed by atoms with Crippen LogP contribution in [0.5, 0.6) is 0 Å². The molecule has 0 saturated carbocycles. The van der Waals surface area contributed by atoms with Crippen molar-refractivity contribution in [1.29, 1.82) is 0 Å². The lowest BCUT2D eigenvalue weighted by molar-refractivity contribution is -0.681. The molecule has 0 aromatic heterocycles. The first kappa shape index (κ1) is 15.5. The number of carbonyl (C=O) groups excluding carboxylic acids is 1. The molecule has 0 atom stereocenters. The van der Waals surface area contributed by atoms with Crippen LogP contribution in [0.2, 0.25) is 0 Å². The summed E-state index contributed by atoms with van der Waals surface area (Å²) in [5, 5.41) is 8.25. The van der Waals surface area contributed by atoms with Gasteiger partial charge in [-0.25, -0.2) is 4.90 Å². The van der Waals surface area contributed by atoms with Crippen LogP contribution in [0, 0.1) is 0 Å². The van der Waals surface area contributed by atoms with Gasteiger partial charge in [0.05, 0.1) is 0 Å². The minimum Gasteiger partial charge on any atom is -0.554 e. The summed E-state index contributed by atoms with van der Waals surface area (Å²) in [7, 11) is 0. The number of carboxylic acid groups (broad SMARTS) is 1. The maximum absolute atomic E-state index is 8.25. The van der Waals surface area contributed by atoms with Gasteiger partial charge in [0.1, 0.15) is 17.1 Å². The molecule has 3 nitrogen and oxygen atoms in total. The minimum absolute atomic E-state index is 0.500. The van der Waals surface area contributed by atoms with E-state index in [2.05, 4.69) is 91.0 Å². The van der Waals surface area contributed by atoms with Gasteiger partial charge in [-0.1, -0.05) is 54.6 Å². The van der Waals surface area contributed by atoms with E-state index in [-0.39, 0.29) is 0 Å². The van der Waals surface area contributed by atoms with E-state index in [0.717, 1.165) is 0 Å². The van der Waals surface area contributed by atoms with Crippen LogP contribution < -0.4 is 10.0 Å². The third kappa shape index (κ3) is 4.04. The molecular weight excluding hydrogens is 274 g/mol. The number of rotatable bonds is 3. The second kappa shape index (κ2) is 8.39. The standard InChI is InChI=1S/C18H15N.CH2O2/c1-4-10-16(11-5-1)19(17-12-6-2-7-13-17)18-14-8-3-9-15-18;2-1-3/h1-15H;1H,(H,2,3). The van der Waals surface area contributed by atoms with Crippen LogP contribution in [0.15, 0.2) is 91.0 Å². The predicted molar refractivity (Wildman–Crippen MR) is 85.3 cm³/mol. The van der Waals surface area contributed by atoms with Crippen molar-refractivity contribution in [3.8, 4) is 0 Å². The van der Waals surface area contributed by atoms with E-state index in [1.165, 1.54) is 22.0 Å². The Morgan fingerprint density at radius 3 is 1.05 bits per heavy atom. The Balaban J connectivity index is 0.000000545. The zero-order valence-electron chi connectivity index (χ0n) is 12.1. The quantitative estimate of drug-likeness (QED) is 0.752. The van der Waals surface area contributed by atoms with Crippen molar-refractivity contribution in [2.24, 2.45) is 0 Å². The van der Waals surface area contributed by atoms with Crippen LogP contribution in [0.3, 0.4) is 0 Å². The molecule has 0 aliphatic rings. The fourth-order valence-electron chi connectivity index (χ4n) is 2.31. The molecule has 110 valence electrons. The molecule has 0 unspecified atom stereocenters. The molecule has 0 aliphatic carbocycles. The first-order valence-corrected chi connectivity index (χ1v) is 6.95. The second-order valence-corrected chi connectivity index (χ2v) is 4.57. The van der Waals surface area contributed by atoms with Crippen LogP contribution in [-0.2, 0) is 4.79 Å². The molecule has 3 aromatic carbocycles. The highest BCUT2D eigenvalue weighted by molar-refractivity contribution is 5.45. The van der Waals surface area contributed by atoms with Gasteiger partial charge in [0, 0.05) is 6.47 Å². The summed E-state index contributed by atoms with van der Waals surface area (Å²) in [4.78, 5) is 9.53. The van der Waals surface area contributed by atoms with E-state index in [4.69, 9.17) is 9.90 Å². The van der Waals surface area contributed by atoms with Crippen LogP contribution in [0.1, 0.15) is 0 Å². The summed E-state index contributed by atoms with van der Waals surface area (Å²) in [5.41, 5.74) is 3.75. The highest BCUT2D eigenvalue weighted by atomic mass is 16.3. The lowest BCUT2D eigenvalue weighted by Crippen LogP contribution is -2.96. The van der Waals surface area contributed by atoms with Gasteiger partial charge in [-0.05, 0) is 36.4 Å². The van der Waals surface area contributed by atoms with Crippen molar-refractivity contribution in [3.05, 3.63) is 91.0 Å². The Bertz CT molecular complexity index is 576. The van der Waals surface area contributed by atoms with Gasteiger partial charge in [0.15, 0.2) is 0 Å². The summed E-state index contributed by atoms with van der Waals surface area (Å²) in [5.74, 6) is 0. The number of nitrogens with one attached hydrogen (secondary N) is 1. The molecule has 3 rings (SSSR count). The lowest BCUT2D eigenvalue weighted by atomic mass is 10.2. The molecule has 1 N–H and O–H groups in total. The van der Waals surface area contributed by atoms with E-state index >= 15 is 0 Å². The molecule has 0 saturated heterocycles. The summed E-state index contributed by atoms with van der Waals surface area (Å²) in [6.07, 6.45) is 0. The summed E-state index contributed by atoms with van der Waals surface area (Å²) >= 11 is 0. The highest BCUT2D eigenvalue weighted by Crippen LogP contribution is 2.13. The van der Waals surface area contributed by atoms with E-state index < -0.39 is 6.47 Å². The Morgan fingerprint density at radius 2 is 0.818 bits per heavy atom. The first-order valence-electron chi connectivity index (χ1n) is 6.95. The van der Waals surface area contributed by atoms with Gasteiger partial charge in [-0.2, -0.15) is 0 Å². The number of hydrogen-bond acceptors (Lipinski definition) is 2. The zero-order chi connectivity index (χ0) is 15.6. The third-order valence-electron chi connectivity index (χ3n) is 3.19. The van der Waals surface area contributed by atoms with Gasteiger partial charge in [0.25, 0.3) is 0 Å². The van der Waals surface area contributed by atoms with Crippen LogP contribution >= 0.6 is 0 Å². The molecule has 0 aliphatic heterocycles. The topological polar surface area (TPSA) is 44.6 Å². The Kier molecular flexibility index (Phi) is 5.91. The van der Waals surface area contributed by atoms with Crippen LogP contribution in [0.4, 0.5) is 17.1 Å². The van der Waals surface area contributed by atoms with E-state index in [9.17, 15) is 0 Å². The van der Waals surface area contributed by atoms with Crippen molar-refractivity contribution >= 4 is 23.5 Å². The Hall–Kier alpha value is -2.91. The number of para-hydroxylation sites is 3. The molecule has 0 amide bonds. The van der Waals surface area contributed by atoms with Crippen LogP contribution in [-0.4, -0.2) is 6.47 Å². The number of carbonyl (C=O) groups is 1. The van der Waals surface area contributed by atoms with Crippen molar-refractivity contribution in [2.75, 3.05) is 0 Å². The molecule has 3 aromatic rings. The van der Waals surface area contributed by atoms with E-state index in [1.807, 2.05) is 0 Å². The predicted octanol–water partition coefficient (Wildman–Crippen LogP) is 2.23. The van der Waals surface area contributed by atoms with Crippen molar-refractivity contribution < 1.29 is 14.8 Å². The molecule has 0 spiro atoms. The fraction of sp³-hybridized carbons (Fsp3) is 0. The Morgan fingerprint density at radius 1 is 0.591 bits per heavy atom. The normalized spacial score (nSPS) is 9.68. The van der Waals surface area contributed by atoms with Gasteiger partial charge in [-0.15, -0.1) is 0 Å². The van der Waals surface area contributed by atoms with Crippen molar-refractivity contribution in [2.45, 2.75) is 0 Å². The molecule has 0 bridgehead atoms. The maximum Gasteiger partial charge on any atom is 0.141 e. The summed E-state index contributed by atoms with van der Waals surface area (Å²) < 4.78 is 0. The monoisotopic (exact) mass is 291 g/mol. The first-order chi connectivity index (χ1) is 10.9. The van der Waals surface area contributed by atoms with Crippen molar-refractivity contribution in [3.63, 3.8) is 0 Å². The molecule has 3 heteroatoms. The van der Waals surface area contributed by atoms with E-state index in [0.29, 0.717) is 0 Å². The average Bonchev–Trinajstić information content (AvgIpc) is 2.59. The third-order valence-corrected chi connectivity index (χ3v) is 3.19. The fourth-order valence-corrected chi connectivity index (χ4v) is 2.31. The number of quaternary nitrogens is 1. The van der Waals surface area contributed by atoms with Gasteiger partial charge < -0.3 is 9.90 Å². The SMILES string of the molecule is O=C[O-].c1ccc([NH+](c2ccccc2)c2ccccc2)cc1. The zero-order valence-corrected chi connectivity index (χ0v) is 12.1. The number of benzene rings is 3. The smallest absolute Gasteiger partial charge is 0.141 e. The summed E-state index contributed by atoms with van der Waals surface area (Å²) in [6.45, 7) is -0.500. The molecular formula is C19H17NO2. The van der Waals surface area contributed by atoms with E-state index in [1.54, 1.807) is 0 Å². The average molecular weight is 291 g/mol. The highest BCUT2D eigenvalue weighted by Gasteiger charge is 2.17. The van der Waals surface area contributed by atoms with Crippen molar-refractivity contribution in [1.82, 2.24) is 0 Å². The molecule has 0 radical (unpaired) electrons. The Labute approximate surface area is 130 Å². The lowest BCUT2D eigenvalue weighted by Gasteiger charge is -2.18. The maximum atomic E-state index is 8.25. The molecule has 0 heterocycles. The van der Waals surface area contributed by atoms with Gasteiger partial charge >= 0.3 is 0 Å². The van der Waals surface area contributed by atoms with Crippen LogP contribution in [0.25, 0.3) is 0 Å². The molecule has 22 heavy (non-hydrogen) atoms. The molecule has 0 fully saturated rings. The second-order valence-electron chi connectivity index (χ2n) is 4.57.